The fraction of sp³-hybridized carbons (Fsp3) is 0.231. The van der Waals surface area contributed by atoms with Gasteiger partial charge < -0.3 is 9.67 Å². The van der Waals surface area contributed by atoms with E-state index >= 15 is 0 Å². The molecule has 2 rings (SSSR count). The third-order valence-corrected chi connectivity index (χ3v) is 2.82. The highest BCUT2D eigenvalue weighted by molar-refractivity contribution is 5.76. The quantitative estimate of drug-likeness (QED) is 0.880. The maximum absolute atomic E-state index is 11.1. The number of rotatable bonds is 3. The summed E-state index contributed by atoms with van der Waals surface area (Å²) in [6.45, 7) is 3.29. The second-order valence-electron chi connectivity index (χ2n) is 4.40. The largest absolute Gasteiger partial charge is 0.480 e. The molecule has 0 spiro atoms. The average molecular weight is 230 g/mol. The summed E-state index contributed by atoms with van der Waals surface area (Å²) in [6, 6.07) is 9.68. The van der Waals surface area contributed by atoms with Crippen LogP contribution in [0.1, 0.15) is 13.8 Å². The van der Waals surface area contributed by atoms with Crippen LogP contribution < -0.4 is 0 Å². The molecule has 0 saturated carbocycles. The summed E-state index contributed by atoms with van der Waals surface area (Å²) in [5.41, 5.74) is 0.771. The lowest BCUT2D eigenvalue weighted by atomic mass is 10.1. The first-order valence-electron chi connectivity index (χ1n) is 5.35. The molecule has 0 bridgehead atoms. The first kappa shape index (κ1) is 11.4. The molecule has 88 valence electrons. The van der Waals surface area contributed by atoms with E-state index in [0.717, 1.165) is 11.3 Å². The summed E-state index contributed by atoms with van der Waals surface area (Å²) in [7, 11) is 0. The molecule has 0 unspecified atom stereocenters. The van der Waals surface area contributed by atoms with Gasteiger partial charge in [0, 0.05) is 11.8 Å². The van der Waals surface area contributed by atoms with Crippen LogP contribution in [-0.4, -0.2) is 20.6 Å². The van der Waals surface area contributed by atoms with Crippen molar-refractivity contribution < 1.29 is 9.90 Å². The van der Waals surface area contributed by atoms with Gasteiger partial charge in [0.2, 0.25) is 0 Å². The van der Waals surface area contributed by atoms with Crippen LogP contribution in [0.15, 0.2) is 42.9 Å². The zero-order chi connectivity index (χ0) is 12.5. The number of carboxylic acid groups (broad SMARTS) is 1. The number of aliphatic carboxylic acids is 1. The molecule has 0 atom stereocenters. The maximum Gasteiger partial charge on any atom is 0.329 e. The minimum atomic E-state index is -0.986. The van der Waals surface area contributed by atoms with Crippen LogP contribution in [0.3, 0.4) is 0 Å². The van der Waals surface area contributed by atoms with E-state index < -0.39 is 11.5 Å². The Morgan fingerprint density at radius 1 is 1.29 bits per heavy atom. The molecule has 1 aromatic heterocycles. The molecule has 0 aliphatic rings. The summed E-state index contributed by atoms with van der Waals surface area (Å²) in [4.78, 5) is 15.4. The zero-order valence-corrected chi connectivity index (χ0v) is 9.79. The SMILES string of the molecule is CC(C)(C(=O)O)n1cnc(-c2ccccc2)c1. The van der Waals surface area contributed by atoms with Crippen molar-refractivity contribution in [3.8, 4) is 11.3 Å². The number of hydrogen-bond donors (Lipinski definition) is 1. The van der Waals surface area contributed by atoms with Gasteiger partial charge in [0.15, 0.2) is 0 Å². The molecule has 0 aliphatic heterocycles. The van der Waals surface area contributed by atoms with Crippen LogP contribution in [0.2, 0.25) is 0 Å². The maximum atomic E-state index is 11.1. The fourth-order valence-electron chi connectivity index (χ4n) is 1.50. The Morgan fingerprint density at radius 2 is 1.94 bits per heavy atom. The molecule has 0 radical (unpaired) electrons. The summed E-state index contributed by atoms with van der Waals surface area (Å²) >= 11 is 0. The highest BCUT2D eigenvalue weighted by atomic mass is 16.4. The van der Waals surface area contributed by atoms with E-state index in [1.54, 1.807) is 30.9 Å². The number of nitrogens with zero attached hydrogens (tertiary/aromatic N) is 2. The number of imidazole rings is 1. The van der Waals surface area contributed by atoms with Gasteiger partial charge in [0.1, 0.15) is 5.54 Å². The smallest absolute Gasteiger partial charge is 0.329 e. The van der Waals surface area contributed by atoms with Crippen molar-refractivity contribution in [2.75, 3.05) is 0 Å². The number of aromatic nitrogens is 2. The van der Waals surface area contributed by atoms with E-state index in [1.807, 2.05) is 30.3 Å². The second-order valence-corrected chi connectivity index (χ2v) is 4.40. The van der Waals surface area contributed by atoms with Gasteiger partial charge in [0.05, 0.1) is 12.0 Å². The first-order valence-corrected chi connectivity index (χ1v) is 5.35. The number of hydrogen-bond acceptors (Lipinski definition) is 2. The Hall–Kier alpha value is -2.10. The molecule has 0 amide bonds. The first-order chi connectivity index (χ1) is 8.01. The highest BCUT2D eigenvalue weighted by Gasteiger charge is 2.29. The van der Waals surface area contributed by atoms with Crippen molar-refractivity contribution in [3.05, 3.63) is 42.9 Å². The van der Waals surface area contributed by atoms with Crippen molar-refractivity contribution in [1.29, 1.82) is 0 Å². The Labute approximate surface area is 99.5 Å². The van der Waals surface area contributed by atoms with Crippen molar-refractivity contribution >= 4 is 5.97 Å². The molecule has 1 heterocycles. The van der Waals surface area contributed by atoms with Crippen molar-refractivity contribution in [2.45, 2.75) is 19.4 Å². The summed E-state index contributed by atoms with van der Waals surface area (Å²) in [6.07, 6.45) is 3.31. The van der Waals surface area contributed by atoms with E-state index in [9.17, 15) is 4.79 Å². The minimum absolute atomic E-state index is 0.778. The normalized spacial score (nSPS) is 11.4. The topological polar surface area (TPSA) is 55.1 Å². The van der Waals surface area contributed by atoms with Gasteiger partial charge in [-0.3, -0.25) is 0 Å². The van der Waals surface area contributed by atoms with Gasteiger partial charge in [-0.15, -0.1) is 0 Å². The van der Waals surface area contributed by atoms with E-state index in [4.69, 9.17) is 5.11 Å². The molecule has 2 aromatic rings. The van der Waals surface area contributed by atoms with E-state index in [2.05, 4.69) is 4.98 Å². The summed E-state index contributed by atoms with van der Waals surface area (Å²) in [5.74, 6) is -0.880. The molecule has 17 heavy (non-hydrogen) atoms. The summed E-state index contributed by atoms with van der Waals surface area (Å²) < 4.78 is 1.61. The third-order valence-electron chi connectivity index (χ3n) is 2.82. The summed E-state index contributed by atoms with van der Waals surface area (Å²) in [5, 5.41) is 9.13. The van der Waals surface area contributed by atoms with Crippen LogP contribution >= 0.6 is 0 Å². The molecule has 1 aromatic carbocycles. The van der Waals surface area contributed by atoms with Crippen LogP contribution in [0, 0.1) is 0 Å². The van der Waals surface area contributed by atoms with Gasteiger partial charge in [0.25, 0.3) is 0 Å². The van der Waals surface area contributed by atoms with Gasteiger partial charge in [-0.1, -0.05) is 30.3 Å². The van der Waals surface area contributed by atoms with Gasteiger partial charge in [-0.05, 0) is 13.8 Å². The lowest BCUT2D eigenvalue weighted by Gasteiger charge is -2.20. The van der Waals surface area contributed by atoms with Gasteiger partial charge >= 0.3 is 5.97 Å². The molecular weight excluding hydrogens is 216 g/mol. The fourth-order valence-corrected chi connectivity index (χ4v) is 1.50. The molecular formula is C13H14N2O2. The van der Waals surface area contributed by atoms with E-state index in [-0.39, 0.29) is 0 Å². The molecule has 4 heteroatoms. The third kappa shape index (κ3) is 2.06. The van der Waals surface area contributed by atoms with Gasteiger partial charge in [-0.25, -0.2) is 9.78 Å². The van der Waals surface area contributed by atoms with E-state index in [1.165, 1.54) is 0 Å². The molecule has 0 fully saturated rings. The lowest BCUT2D eigenvalue weighted by Crippen LogP contribution is -2.34. The molecule has 1 N–H and O–H groups in total. The number of carbonyl (C=O) groups is 1. The van der Waals surface area contributed by atoms with Gasteiger partial charge in [-0.2, -0.15) is 0 Å². The van der Waals surface area contributed by atoms with Crippen LogP contribution in [0.25, 0.3) is 11.3 Å². The monoisotopic (exact) mass is 230 g/mol. The van der Waals surface area contributed by atoms with Crippen molar-refractivity contribution in [3.63, 3.8) is 0 Å². The Bertz CT molecular complexity index is 529. The zero-order valence-electron chi connectivity index (χ0n) is 9.79. The Morgan fingerprint density at radius 3 is 2.53 bits per heavy atom. The standard InChI is InChI=1S/C13H14N2O2/c1-13(2,12(16)17)15-8-11(14-9-15)10-6-4-3-5-7-10/h3-9H,1-2H3,(H,16,17). The molecule has 0 saturated heterocycles. The minimum Gasteiger partial charge on any atom is -0.480 e. The predicted octanol–water partition coefficient (Wildman–Crippen LogP) is 2.37. The van der Waals surface area contributed by atoms with Crippen molar-refractivity contribution in [1.82, 2.24) is 9.55 Å². The van der Waals surface area contributed by atoms with E-state index in [0.29, 0.717) is 0 Å². The van der Waals surface area contributed by atoms with Crippen LogP contribution in [0.5, 0.6) is 0 Å². The number of benzene rings is 1. The Kier molecular flexibility index (Phi) is 2.71. The van der Waals surface area contributed by atoms with Crippen molar-refractivity contribution in [2.24, 2.45) is 0 Å². The molecule has 0 aliphatic carbocycles. The average Bonchev–Trinajstić information content (AvgIpc) is 2.80. The Balaban J connectivity index is 2.38. The predicted molar refractivity (Wildman–Crippen MR) is 64.6 cm³/mol. The second kappa shape index (κ2) is 4.05. The number of carboxylic acids is 1. The van der Waals surface area contributed by atoms with Crippen LogP contribution in [0.4, 0.5) is 0 Å². The highest BCUT2D eigenvalue weighted by Crippen LogP contribution is 2.21. The van der Waals surface area contributed by atoms with Crippen LogP contribution in [-0.2, 0) is 10.3 Å². The lowest BCUT2D eigenvalue weighted by molar-refractivity contribution is -0.145. The molecule has 4 nitrogen and oxygen atoms in total.